The molecule has 1 saturated heterocycles. The molecule has 8 heteroatoms. The van der Waals surface area contributed by atoms with Gasteiger partial charge in [-0.1, -0.05) is 0 Å². The summed E-state index contributed by atoms with van der Waals surface area (Å²) in [5.41, 5.74) is 3.15. The molecule has 1 fully saturated rings. The number of carbonyl (C=O) groups excluding carboxylic acids is 1. The number of fused-ring (bicyclic) bond motifs is 1. The number of nitrogens with one attached hydrogen (secondary N) is 2. The van der Waals surface area contributed by atoms with E-state index in [9.17, 15) is 9.59 Å². The van der Waals surface area contributed by atoms with E-state index in [0.29, 0.717) is 42.3 Å². The number of pyridine rings is 1. The summed E-state index contributed by atoms with van der Waals surface area (Å²) in [7, 11) is 3.15. The molecule has 1 aromatic heterocycles. The van der Waals surface area contributed by atoms with E-state index in [0.717, 1.165) is 36.1 Å². The van der Waals surface area contributed by atoms with Crippen molar-refractivity contribution in [2.45, 2.75) is 26.3 Å². The molecular weight excluding hydrogens is 434 g/mol. The molecule has 8 nitrogen and oxygen atoms in total. The summed E-state index contributed by atoms with van der Waals surface area (Å²) < 4.78 is 15.9. The molecule has 0 amide bonds. The van der Waals surface area contributed by atoms with E-state index in [-0.39, 0.29) is 17.4 Å². The number of aromatic nitrogens is 1. The number of hydrogen-bond acceptors (Lipinski definition) is 7. The monoisotopic (exact) mass is 465 g/mol. The molecule has 0 unspecified atom stereocenters. The van der Waals surface area contributed by atoms with E-state index in [2.05, 4.69) is 15.2 Å². The number of nitrogens with zero attached hydrogens (tertiary/aromatic N) is 1. The van der Waals surface area contributed by atoms with Gasteiger partial charge < -0.3 is 29.4 Å². The van der Waals surface area contributed by atoms with Gasteiger partial charge >= 0.3 is 5.97 Å². The Balaban J connectivity index is 1.43. The predicted octanol–water partition coefficient (Wildman–Crippen LogP) is 3.94. The van der Waals surface area contributed by atoms with E-state index in [1.54, 1.807) is 20.3 Å². The molecule has 0 saturated carbocycles. The molecular formula is C26H31N3O5. The number of piperidine rings is 1. The molecule has 3 aromatic rings. The van der Waals surface area contributed by atoms with E-state index in [4.69, 9.17) is 14.2 Å². The topological polar surface area (TPSA) is 92.9 Å². The second kappa shape index (κ2) is 10.5. The number of carbonyl (C=O) groups is 1. The van der Waals surface area contributed by atoms with Crippen LogP contribution in [-0.4, -0.2) is 44.9 Å². The Morgan fingerprint density at radius 3 is 2.56 bits per heavy atom. The van der Waals surface area contributed by atoms with Crippen LogP contribution in [0.3, 0.4) is 0 Å². The van der Waals surface area contributed by atoms with Crippen LogP contribution in [0.1, 0.15) is 25.3 Å². The number of methoxy groups -OCH3 is 2. The maximum absolute atomic E-state index is 12.6. The third-order valence-corrected chi connectivity index (χ3v) is 6.18. The largest absolute Gasteiger partial charge is 0.493 e. The van der Waals surface area contributed by atoms with Crippen molar-refractivity contribution in [2.24, 2.45) is 5.92 Å². The van der Waals surface area contributed by atoms with Gasteiger partial charge in [0.25, 0.3) is 5.56 Å². The average molecular weight is 466 g/mol. The maximum Gasteiger partial charge on any atom is 0.310 e. The minimum absolute atomic E-state index is 0.0790. The smallest absolute Gasteiger partial charge is 0.310 e. The Kier molecular flexibility index (Phi) is 7.25. The van der Waals surface area contributed by atoms with Crippen molar-refractivity contribution in [1.82, 2.24) is 4.98 Å². The number of anilines is 2. The zero-order valence-corrected chi connectivity index (χ0v) is 19.8. The fourth-order valence-corrected chi connectivity index (χ4v) is 4.36. The van der Waals surface area contributed by atoms with Gasteiger partial charge in [0.1, 0.15) is 0 Å². The van der Waals surface area contributed by atoms with Crippen LogP contribution in [0.2, 0.25) is 0 Å². The van der Waals surface area contributed by atoms with E-state index in [1.165, 1.54) is 0 Å². The first-order valence-electron chi connectivity index (χ1n) is 11.6. The molecule has 1 aliphatic rings. The Morgan fingerprint density at radius 2 is 1.85 bits per heavy atom. The summed E-state index contributed by atoms with van der Waals surface area (Å²) in [6, 6.07) is 13.5. The molecule has 0 bridgehead atoms. The van der Waals surface area contributed by atoms with Crippen LogP contribution >= 0.6 is 0 Å². The van der Waals surface area contributed by atoms with Crippen LogP contribution in [0.4, 0.5) is 11.4 Å². The molecule has 0 spiro atoms. The highest BCUT2D eigenvalue weighted by Gasteiger charge is 2.26. The van der Waals surface area contributed by atoms with Gasteiger partial charge in [0.2, 0.25) is 0 Å². The molecule has 34 heavy (non-hydrogen) atoms. The van der Waals surface area contributed by atoms with E-state index in [1.807, 2.05) is 43.3 Å². The van der Waals surface area contributed by atoms with Crippen molar-refractivity contribution in [3.8, 4) is 11.5 Å². The number of hydrogen-bond donors (Lipinski definition) is 2. The second-order valence-electron chi connectivity index (χ2n) is 8.36. The Hall–Kier alpha value is -3.68. The van der Waals surface area contributed by atoms with Crippen LogP contribution in [0.15, 0.2) is 47.3 Å². The quantitative estimate of drug-likeness (QED) is 0.487. The third-order valence-electron chi connectivity index (χ3n) is 6.18. The molecule has 1 atom stereocenters. The summed E-state index contributed by atoms with van der Waals surface area (Å²) in [5, 5.41) is 4.19. The highest BCUT2D eigenvalue weighted by molar-refractivity contribution is 5.83. The lowest BCUT2D eigenvalue weighted by atomic mass is 9.97. The standard InChI is InChI=1S/C26H31N3O5/c1-4-34-26(31)17-6-5-11-29(16-17)21-9-7-20(8-10-21)27-15-19-12-18-13-23(32-2)24(33-3)14-22(18)28-25(19)30/h7-10,12-14,17,27H,4-6,11,15-16H2,1-3H3,(H,28,30)/t17-/m0/s1. The normalized spacial score (nSPS) is 15.7. The molecule has 2 heterocycles. The van der Waals surface area contributed by atoms with Crippen molar-refractivity contribution >= 4 is 28.2 Å². The Bertz CT molecular complexity index is 1210. The van der Waals surface area contributed by atoms with Gasteiger partial charge in [-0.3, -0.25) is 9.59 Å². The number of ether oxygens (including phenoxy) is 3. The SMILES string of the molecule is CCOC(=O)[C@H]1CCCN(c2ccc(NCc3cc4cc(OC)c(OC)cc4[nH]c3=O)cc2)C1. The van der Waals surface area contributed by atoms with Crippen molar-refractivity contribution in [3.05, 3.63) is 58.4 Å². The summed E-state index contributed by atoms with van der Waals surface area (Å²) >= 11 is 0. The molecule has 4 rings (SSSR count). The summed E-state index contributed by atoms with van der Waals surface area (Å²) in [5.74, 6) is 0.991. The number of benzene rings is 2. The number of rotatable bonds is 8. The van der Waals surface area contributed by atoms with Gasteiger partial charge in [0, 0.05) is 48.0 Å². The minimum atomic E-state index is -0.151. The molecule has 1 aliphatic heterocycles. The number of H-pyrrole nitrogens is 1. The molecule has 0 aliphatic carbocycles. The maximum atomic E-state index is 12.6. The predicted molar refractivity (Wildman–Crippen MR) is 133 cm³/mol. The first-order valence-corrected chi connectivity index (χ1v) is 11.6. The van der Waals surface area contributed by atoms with Crippen LogP contribution in [0.25, 0.3) is 10.9 Å². The van der Waals surface area contributed by atoms with Gasteiger partial charge in [0.05, 0.1) is 32.3 Å². The van der Waals surface area contributed by atoms with Gasteiger partial charge in [-0.05, 0) is 56.2 Å². The Labute approximate surface area is 198 Å². The van der Waals surface area contributed by atoms with Crippen molar-refractivity contribution in [1.29, 1.82) is 0 Å². The average Bonchev–Trinajstić information content (AvgIpc) is 2.87. The highest BCUT2D eigenvalue weighted by Crippen LogP contribution is 2.31. The fourth-order valence-electron chi connectivity index (χ4n) is 4.36. The zero-order valence-electron chi connectivity index (χ0n) is 19.8. The number of esters is 1. The van der Waals surface area contributed by atoms with Crippen LogP contribution < -0.4 is 25.2 Å². The Morgan fingerprint density at radius 1 is 1.12 bits per heavy atom. The minimum Gasteiger partial charge on any atom is -0.493 e. The first-order chi connectivity index (χ1) is 16.5. The summed E-state index contributed by atoms with van der Waals surface area (Å²) in [6.07, 6.45) is 1.83. The zero-order chi connectivity index (χ0) is 24.1. The number of aromatic amines is 1. The second-order valence-corrected chi connectivity index (χ2v) is 8.36. The lowest BCUT2D eigenvalue weighted by Crippen LogP contribution is -2.39. The van der Waals surface area contributed by atoms with Crippen molar-refractivity contribution in [3.63, 3.8) is 0 Å². The van der Waals surface area contributed by atoms with Gasteiger partial charge in [-0.25, -0.2) is 0 Å². The van der Waals surface area contributed by atoms with Gasteiger partial charge in [-0.2, -0.15) is 0 Å². The van der Waals surface area contributed by atoms with Gasteiger partial charge in [0.15, 0.2) is 11.5 Å². The molecule has 2 aromatic carbocycles. The highest BCUT2D eigenvalue weighted by atomic mass is 16.5. The molecule has 2 N–H and O–H groups in total. The van der Waals surface area contributed by atoms with Crippen molar-refractivity contribution < 1.29 is 19.0 Å². The summed E-state index contributed by atoms with van der Waals surface area (Å²) in [6.45, 7) is 4.23. The van der Waals surface area contributed by atoms with Crippen LogP contribution in [0.5, 0.6) is 11.5 Å². The summed E-state index contributed by atoms with van der Waals surface area (Å²) in [4.78, 5) is 29.9. The molecule has 0 radical (unpaired) electrons. The third kappa shape index (κ3) is 5.11. The van der Waals surface area contributed by atoms with E-state index >= 15 is 0 Å². The lowest BCUT2D eigenvalue weighted by molar-refractivity contribution is -0.148. The van der Waals surface area contributed by atoms with Gasteiger partial charge in [-0.15, -0.1) is 0 Å². The van der Waals surface area contributed by atoms with Crippen molar-refractivity contribution in [2.75, 3.05) is 44.1 Å². The van der Waals surface area contributed by atoms with E-state index < -0.39 is 0 Å². The fraction of sp³-hybridized carbons (Fsp3) is 0.385. The van der Waals surface area contributed by atoms with Crippen LogP contribution in [0, 0.1) is 5.92 Å². The first kappa shape index (κ1) is 23.5. The lowest BCUT2D eigenvalue weighted by Gasteiger charge is -2.33. The molecule has 180 valence electrons. The van der Waals surface area contributed by atoms with Crippen LogP contribution in [-0.2, 0) is 16.1 Å².